The molecule has 0 radical (unpaired) electrons. The summed E-state index contributed by atoms with van der Waals surface area (Å²) >= 11 is 0. The highest BCUT2D eigenvalue weighted by Gasteiger charge is 2.32. The van der Waals surface area contributed by atoms with Crippen molar-refractivity contribution in [1.29, 1.82) is 0 Å². The summed E-state index contributed by atoms with van der Waals surface area (Å²) in [5.41, 5.74) is 0.895. The van der Waals surface area contributed by atoms with E-state index >= 15 is 0 Å². The van der Waals surface area contributed by atoms with Crippen LogP contribution in [0, 0.1) is 11.8 Å². The Morgan fingerprint density at radius 3 is 1.21 bits per heavy atom. The van der Waals surface area contributed by atoms with Gasteiger partial charge in [-0.1, -0.05) is 0 Å². The van der Waals surface area contributed by atoms with Gasteiger partial charge in [-0.15, -0.1) is 0 Å². The van der Waals surface area contributed by atoms with E-state index in [1.807, 2.05) is 0 Å². The van der Waals surface area contributed by atoms with Gasteiger partial charge < -0.3 is 18.9 Å². The number of ether oxygens (including phenoxy) is 4. The van der Waals surface area contributed by atoms with E-state index in [4.69, 9.17) is 18.9 Å². The molecule has 5 aliphatic rings. The van der Waals surface area contributed by atoms with Gasteiger partial charge in [0.25, 0.3) is 0 Å². The normalized spacial score (nSPS) is 24.7. The van der Waals surface area contributed by atoms with E-state index in [-0.39, 0.29) is 50.2 Å². The number of hydrogen-bond acceptors (Lipinski definition) is 8. The standard InChI is InChI=1S/C10H14O4.C10H8O4/c2*11-9-7-1-2-8(4-3-7)10(12)14-6-5-13-9/h7-8H,1-6H2;1-4H,5-6H2. The second-order valence-corrected chi connectivity index (χ2v) is 6.73. The molecule has 6 rings (SSSR count). The molecule has 1 saturated carbocycles. The van der Waals surface area contributed by atoms with Gasteiger partial charge in [0, 0.05) is 0 Å². The van der Waals surface area contributed by atoms with Crippen molar-refractivity contribution in [3.05, 3.63) is 35.4 Å². The van der Waals surface area contributed by atoms with Crippen molar-refractivity contribution in [1.82, 2.24) is 0 Å². The van der Waals surface area contributed by atoms with Gasteiger partial charge in [-0.3, -0.25) is 9.59 Å². The van der Waals surface area contributed by atoms with Gasteiger partial charge in [0.05, 0.1) is 23.0 Å². The predicted octanol–water partition coefficient (Wildman–Crippen LogP) is 1.91. The first-order chi connectivity index (χ1) is 13.5. The first-order valence-corrected chi connectivity index (χ1v) is 9.32. The molecular weight excluding hydrogens is 368 g/mol. The molecule has 0 spiro atoms. The van der Waals surface area contributed by atoms with Crippen LogP contribution in [0.25, 0.3) is 0 Å². The minimum absolute atomic E-state index is 0.0112. The lowest BCUT2D eigenvalue weighted by Crippen LogP contribution is -2.31. The second-order valence-electron chi connectivity index (χ2n) is 6.73. The average Bonchev–Trinajstić information content (AvgIpc) is 2.74. The van der Waals surface area contributed by atoms with E-state index in [0.717, 1.165) is 25.7 Å². The van der Waals surface area contributed by atoms with Gasteiger partial charge >= 0.3 is 23.9 Å². The molecule has 28 heavy (non-hydrogen) atoms. The smallest absolute Gasteiger partial charge is 0.338 e. The van der Waals surface area contributed by atoms with E-state index in [2.05, 4.69) is 0 Å². The van der Waals surface area contributed by atoms with Crippen molar-refractivity contribution >= 4 is 23.9 Å². The van der Waals surface area contributed by atoms with Gasteiger partial charge in [0.15, 0.2) is 0 Å². The van der Waals surface area contributed by atoms with Crippen molar-refractivity contribution in [2.24, 2.45) is 11.8 Å². The summed E-state index contributed by atoms with van der Waals surface area (Å²) < 4.78 is 19.6. The molecule has 8 heteroatoms. The molecule has 0 unspecified atom stereocenters. The van der Waals surface area contributed by atoms with Crippen LogP contribution >= 0.6 is 0 Å². The van der Waals surface area contributed by atoms with Crippen LogP contribution in [0.4, 0.5) is 0 Å². The maximum Gasteiger partial charge on any atom is 0.338 e. The number of hydrogen-bond donors (Lipinski definition) is 0. The quantitative estimate of drug-likeness (QED) is 0.489. The number of rotatable bonds is 0. The van der Waals surface area contributed by atoms with Gasteiger partial charge in [-0.2, -0.15) is 0 Å². The Morgan fingerprint density at radius 1 is 0.536 bits per heavy atom. The molecule has 150 valence electrons. The summed E-state index contributed by atoms with van der Waals surface area (Å²) in [6, 6.07) is 6.18. The van der Waals surface area contributed by atoms with E-state index in [9.17, 15) is 19.2 Å². The summed E-state index contributed by atoms with van der Waals surface area (Å²) in [4.78, 5) is 45.3. The minimum Gasteiger partial charge on any atom is -0.462 e. The van der Waals surface area contributed by atoms with Crippen molar-refractivity contribution in [3.63, 3.8) is 0 Å². The Morgan fingerprint density at radius 2 is 0.857 bits per heavy atom. The Bertz CT molecular complexity index is 668. The first-order valence-electron chi connectivity index (χ1n) is 9.32. The fourth-order valence-corrected chi connectivity index (χ4v) is 3.26. The Kier molecular flexibility index (Phi) is 6.62. The number of esters is 4. The van der Waals surface area contributed by atoms with Crippen LogP contribution in [0.2, 0.25) is 0 Å². The molecule has 4 aliphatic heterocycles. The first kappa shape index (κ1) is 19.9. The van der Waals surface area contributed by atoms with Gasteiger partial charge in [-0.05, 0) is 49.9 Å². The van der Waals surface area contributed by atoms with Crippen LogP contribution in [0.3, 0.4) is 0 Å². The van der Waals surface area contributed by atoms with Crippen molar-refractivity contribution < 1.29 is 38.1 Å². The molecule has 0 amide bonds. The maximum absolute atomic E-state index is 11.4. The third-order valence-electron chi connectivity index (χ3n) is 4.87. The number of benzene rings is 1. The topological polar surface area (TPSA) is 105 Å². The van der Waals surface area contributed by atoms with Crippen molar-refractivity contribution in [2.75, 3.05) is 26.4 Å². The van der Waals surface area contributed by atoms with E-state index in [1.54, 1.807) is 24.3 Å². The molecule has 2 saturated heterocycles. The fraction of sp³-hybridized carbons (Fsp3) is 0.500. The monoisotopic (exact) mass is 390 g/mol. The Hall–Kier alpha value is -2.90. The number of carbonyl (C=O) groups is 4. The number of carbonyl (C=O) groups excluding carboxylic acids is 4. The molecule has 0 aromatic heterocycles. The van der Waals surface area contributed by atoms with Gasteiger partial charge in [-0.25, -0.2) is 9.59 Å². The number of fused-ring (bicyclic) bond motifs is 14. The molecule has 8 nitrogen and oxygen atoms in total. The van der Waals surface area contributed by atoms with Crippen LogP contribution in [0.1, 0.15) is 46.4 Å². The van der Waals surface area contributed by atoms with E-state index in [1.165, 1.54) is 0 Å². The molecular formula is C20H22O8. The molecule has 0 N–H and O–H groups in total. The lowest BCUT2D eigenvalue weighted by atomic mass is 9.82. The zero-order valence-corrected chi connectivity index (χ0v) is 15.4. The largest absolute Gasteiger partial charge is 0.462 e. The Balaban J connectivity index is 0.000000161. The molecule has 1 aromatic rings. The van der Waals surface area contributed by atoms with Crippen molar-refractivity contribution in [3.8, 4) is 0 Å². The van der Waals surface area contributed by atoms with E-state index < -0.39 is 11.9 Å². The van der Waals surface area contributed by atoms with Crippen LogP contribution in [-0.2, 0) is 28.5 Å². The van der Waals surface area contributed by atoms with Crippen LogP contribution < -0.4 is 0 Å². The van der Waals surface area contributed by atoms with Crippen molar-refractivity contribution in [2.45, 2.75) is 25.7 Å². The zero-order valence-electron chi connectivity index (χ0n) is 15.4. The average molecular weight is 390 g/mol. The third-order valence-corrected chi connectivity index (χ3v) is 4.87. The summed E-state index contributed by atoms with van der Waals surface area (Å²) in [7, 11) is 0. The molecule has 3 fully saturated rings. The zero-order chi connectivity index (χ0) is 19.9. The van der Waals surface area contributed by atoms with Crippen LogP contribution in [0.5, 0.6) is 0 Å². The SMILES string of the molecule is O=C1OCCOC(=O)C2CCC1CC2.O=C1OCCOC(=O)c2ccc1cc2. The van der Waals surface area contributed by atoms with Gasteiger partial charge in [0.1, 0.15) is 26.4 Å². The molecule has 1 aromatic carbocycles. The molecule has 1 aliphatic carbocycles. The lowest BCUT2D eigenvalue weighted by Gasteiger charge is -2.27. The summed E-state index contributed by atoms with van der Waals surface area (Å²) in [5.74, 6) is -1.01. The lowest BCUT2D eigenvalue weighted by molar-refractivity contribution is -0.163. The highest BCUT2D eigenvalue weighted by atomic mass is 16.6. The van der Waals surface area contributed by atoms with Crippen LogP contribution in [-0.4, -0.2) is 50.3 Å². The maximum atomic E-state index is 11.4. The summed E-state index contributed by atoms with van der Waals surface area (Å²) in [5, 5.41) is 0. The summed E-state index contributed by atoms with van der Waals surface area (Å²) in [6.07, 6.45) is 3.05. The van der Waals surface area contributed by atoms with Gasteiger partial charge in [0.2, 0.25) is 0 Å². The fourth-order valence-electron chi connectivity index (χ4n) is 3.26. The predicted molar refractivity (Wildman–Crippen MR) is 94.4 cm³/mol. The molecule has 4 bridgehead atoms. The highest BCUT2D eigenvalue weighted by molar-refractivity contribution is 5.93. The minimum atomic E-state index is -0.394. The second kappa shape index (κ2) is 9.34. The molecule has 4 heterocycles. The molecule has 0 atom stereocenters. The highest BCUT2D eigenvalue weighted by Crippen LogP contribution is 2.30. The summed E-state index contributed by atoms with van der Waals surface area (Å²) in [6.45, 7) is 0.605. The third kappa shape index (κ3) is 5.09. The van der Waals surface area contributed by atoms with Crippen LogP contribution in [0.15, 0.2) is 24.3 Å². The van der Waals surface area contributed by atoms with E-state index in [0.29, 0.717) is 11.1 Å². The Labute approximate surface area is 162 Å².